The predicted octanol–water partition coefficient (Wildman–Crippen LogP) is -3.98. The van der Waals surface area contributed by atoms with Gasteiger partial charge in [0, 0.05) is 128 Å². The summed E-state index contributed by atoms with van der Waals surface area (Å²) in [5.41, 5.74) is 5.11. The molecule has 0 spiro atoms. The molecule has 2 aliphatic rings. The maximum atomic E-state index is 12.9. The molecule has 110 heavy (non-hydrogen) atoms. The summed E-state index contributed by atoms with van der Waals surface area (Å²) in [6, 6.07) is 25.0. The van der Waals surface area contributed by atoms with Crippen LogP contribution in [0, 0.1) is 0 Å². The second kappa shape index (κ2) is 46.4. The molecule has 2 aromatic carbocycles. The maximum absolute atomic E-state index is 12.9. The number of carboxylic acid groups (broad SMARTS) is 1. The number of rotatable bonds is 21. The third-order valence-electron chi connectivity index (χ3n) is 14.9. The third-order valence-corrected chi connectivity index (χ3v) is 18.0. The second-order valence-electron chi connectivity index (χ2n) is 22.2. The van der Waals surface area contributed by atoms with Crippen LogP contribution < -0.4 is 103 Å². The maximum Gasteiger partial charge on any atom is 1.00 e. The zero-order chi connectivity index (χ0) is 77.5. The number of nitrogens with one attached hydrogen (secondary N) is 1. The predicted molar refractivity (Wildman–Crippen MR) is 391 cm³/mol. The summed E-state index contributed by atoms with van der Waals surface area (Å²) in [7, 11) is -12.6. The number of aliphatic carboxylic acids is 1. The Hall–Kier alpha value is -6.78. The van der Waals surface area contributed by atoms with E-state index in [0.29, 0.717) is 87.0 Å². The molecule has 2 saturated heterocycles. The van der Waals surface area contributed by atoms with Crippen molar-refractivity contribution in [1.82, 2.24) is 69.3 Å². The fourth-order valence-electron chi connectivity index (χ4n) is 10.5. The van der Waals surface area contributed by atoms with Crippen LogP contribution in [0.5, 0.6) is 11.5 Å². The minimum atomic E-state index is -4.27. The van der Waals surface area contributed by atoms with Crippen LogP contribution in [0.1, 0.15) is 36.6 Å². The van der Waals surface area contributed by atoms with Crippen molar-refractivity contribution < 1.29 is 179 Å². The molecule has 0 aliphatic carbocycles. The molecule has 8 aromatic heterocycles. The molecule has 38 nitrogen and oxygen atoms in total. The first-order valence-corrected chi connectivity index (χ1v) is 39.1. The van der Waals surface area contributed by atoms with E-state index in [9.17, 15) is 49.0 Å². The number of nitrogens with zero attached hydrogens (tertiary/aromatic N) is 15. The summed E-state index contributed by atoms with van der Waals surface area (Å²) >= 11 is 15.4. The van der Waals surface area contributed by atoms with E-state index < -0.39 is 77.1 Å². The van der Waals surface area contributed by atoms with E-state index in [1.165, 1.54) is 27.4 Å². The SMILES string of the molecule is CCOC(=O)Cn1nc(CBr)c2cccnc21.CCOC(=O)Cn1nc(CS(=O)(=O)O)c2cccnc21.COc1cc(N2CCN(C(=O)Cn3nc(CS(=O)(=O)O)c4cccnc43)CC2)ccc1Cl.COc1cc(N2CCNCC2)ccc1Cl.O=C(O)Cn1nc(CS(=O)(=O)O)c2cccnc21.O=[S-](=O)[O-].[Li+].[Na+].[Na+].[OH-]. The number of piperazine rings is 2. The second-order valence-corrected chi connectivity index (χ2v) is 28.3. The summed E-state index contributed by atoms with van der Waals surface area (Å²) in [6.45, 7) is 9.94. The van der Waals surface area contributed by atoms with Crippen LogP contribution >= 0.6 is 39.1 Å². The molecule has 0 unspecified atom stereocenters. The topological polar surface area (TPSA) is 520 Å². The monoisotopic (exact) mass is 1720 g/mol. The quantitative estimate of drug-likeness (QED) is 0.0114. The number of aromatic nitrogens is 12. The van der Waals surface area contributed by atoms with Crippen LogP contribution in [0.25, 0.3) is 44.1 Å². The van der Waals surface area contributed by atoms with Gasteiger partial charge in [0.25, 0.3) is 30.4 Å². The van der Waals surface area contributed by atoms with Gasteiger partial charge in [-0.15, -0.1) is 0 Å². The van der Waals surface area contributed by atoms with Crippen molar-refractivity contribution in [3.63, 3.8) is 0 Å². The molecule has 10 heterocycles. The Kier molecular flexibility index (Phi) is 41.1. The molecule has 2 fully saturated rings. The van der Waals surface area contributed by atoms with Crippen LogP contribution in [-0.4, -0.2) is 222 Å². The summed E-state index contributed by atoms with van der Waals surface area (Å²) in [5, 5.41) is 32.6. The summed E-state index contributed by atoms with van der Waals surface area (Å²) < 4.78 is 144. The number of pyridine rings is 4. The van der Waals surface area contributed by atoms with Gasteiger partial charge in [-0.05, 0) is 86.6 Å². The Morgan fingerprint density at radius 2 is 0.855 bits per heavy atom. The fraction of sp³-hybridized carbons (Fsp3) is 0.355. The van der Waals surface area contributed by atoms with Gasteiger partial charge in [0.2, 0.25) is 5.91 Å². The number of ether oxygens (including phenoxy) is 4. The van der Waals surface area contributed by atoms with Crippen molar-refractivity contribution in [2.45, 2.75) is 62.6 Å². The largest absolute Gasteiger partial charge is 1.00 e. The van der Waals surface area contributed by atoms with Crippen LogP contribution in [0.15, 0.2) is 110 Å². The molecule has 580 valence electrons. The zero-order valence-electron chi connectivity index (χ0n) is 60.3. The first-order valence-electron chi connectivity index (χ1n) is 31.4. The van der Waals surface area contributed by atoms with Crippen LogP contribution in [-0.2, 0) is 127 Å². The number of halogens is 3. The summed E-state index contributed by atoms with van der Waals surface area (Å²) in [6.07, 6.45) is 6.17. The first kappa shape index (κ1) is 97.4. The van der Waals surface area contributed by atoms with Gasteiger partial charge in [0.05, 0.1) is 60.3 Å². The number of esters is 2. The molecule has 12 rings (SSSR count). The van der Waals surface area contributed by atoms with Gasteiger partial charge >= 0.3 is 95.9 Å². The van der Waals surface area contributed by atoms with Crippen molar-refractivity contribution >= 4 is 160 Å². The Bertz CT molecular complexity index is 5170. The van der Waals surface area contributed by atoms with Gasteiger partial charge in [0.15, 0.2) is 22.6 Å². The molecular weight excluding hydrogens is 1650 g/mol. The molecule has 48 heteroatoms. The summed E-state index contributed by atoms with van der Waals surface area (Å²) in [4.78, 5) is 69.1. The molecule has 0 atom stereocenters. The molecular formula is C62H72BrCl2LiN16Na2O22S4. The number of fused-ring (bicyclic) bond motifs is 4. The Labute approximate surface area is 707 Å². The summed E-state index contributed by atoms with van der Waals surface area (Å²) in [5.74, 6) is -2.68. The Morgan fingerprint density at radius 1 is 0.536 bits per heavy atom. The minimum Gasteiger partial charge on any atom is -0.917 e. The average Bonchev–Trinajstić information content (AvgIpc) is 1.66. The van der Waals surface area contributed by atoms with Crippen molar-refractivity contribution in [2.75, 3.05) is 89.6 Å². The smallest absolute Gasteiger partial charge is 0.917 e. The van der Waals surface area contributed by atoms with Gasteiger partial charge in [-0.3, -0.25) is 32.8 Å². The molecule has 2 aliphatic heterocycles. The number of amides is 1. The number of hydrogen-bond donors (Lipinski definition) is 5. The van der Waals surface area contributed by atoms with Crippen LogP contribution in [0.2, 0.25) is 10.0 Å². The van der Waals surface area contributed by atoms with E-state index in [1.54, 1.807) is 92.5 Å². The van der Waals surface area contributed by atoms with Gasteiger partial charge in [0.1, 0.15) is 54.9 Å². The number of methoxy groups -OCH3 is 2. The van der Waals surface area contributed by atoms with Crippen molar-refractivity contribution in [3.8, 4) is 11.5 Å². The average molecular weight is 1730 g/mol. The van der Waals surface area contributed by atoms with Gasteiger partial charge in [-0.25, -0.2) is 38.7 Å². The number of hydrogen-bond acceptors (Lipinski definition) is 30. The molecule has 6 N–H and O–H groups in total. The number of carbonyl (C=O) groups excluding carboxylic acids is 3. The van der Waals surface area contributed by atoms with Crippen LogP contribution in [0.4, 0.5) is 11.4 Å². The van der Waals surface area contributed by atoms with E-state index in [4.69, 9.17) is 69.3 Å². The Morgan fingerprint density at radius 3 is 1.17 bits per heavy atom. The molecule has 0 saturated carbocycles. The van der Waals surface area contributed by atoms with Crippen molar-refractivity contribution in [1.29, 1.82) is 0 Å². The number of anilines is 2. The van der Waals surface area contributed by atoms with Gasteiger partial charge < -0.3 is 62.5 Å². The van der Waals surface area contributed by atoms with Gasteiger partial charge in [-0.2, -0.15) is 56.6 Å². The number of benzene rings is 2. The Balaban J connectivity index is 0.000000358. The van der Waals surface area contributed by atoms with Gasteiger partial charge in [-0.1, -0.05) is 39.1 Å². The molecule has 1 amide bonds. The normalized spacial score (nSPS) is 12.6. The molecule has 10 aromatic rings. The van der Waals surface area contributed by atoms with Crippen LogP contribution in [0.3, 0.4) is 0 Å². The van der Waals surface area contributed by atoms with E-state index in [-0.39, 0.29) is 144 Å². The minimum absolute atomic E-state index is 0. The number of carbonyl (C=O) groups is 4. The third kappa shape index (κ3) is 30.0. The van der Waals surface area contributed by atoms with E-state index >= 15 is 0 Å². The number of alkyl halides is 1. The zero-order valence-corrected chi connectivity index (χ0v) is 70.6. The van der Waals surface area contributed by atoms with Crippen molar-refractivity contribution in [3.05, 3.63) is 143 Å². The molecule has 0 bridgehead atoms. The van der Waals surface area contributed by atoms with E-state index in [0.717, 1.165) is 53.4 Å². The number of carboxylic acids is 1. The first-order chi connectivity index (χ1) is 50.3. The standard InChI is InChI=1S/C20H22ClN5O5S.C11H12BrN3O2.C11H15ClN2O.C11H13N3O5S.C9H9N3O5S.Li.2Na.O3S.H2O/c1-31-18-11-14(4-5-16(18)21)24-7-9-25(10-8-24)19(27)12-26-20-15(3-2-6-22-20)17(23-26)13-32(28,29)30;1-2-17-10(16)7-15-11-8(4-3-5-13-11)9(6-12)14-15;1-15-11-8-9(2-3-10(11)12)14-6-4-13-5-7-14;1-2-19-10(15)6-14-11-8(4-3-5-12-11)9(13-14)7-20(16,17)18;13-8(14)4-12-9-6(2-1-3-10-9)7(11-12)5-18(15,16)17;;;;1-4(2)3;/h2-6,11H,7-10,12-13H2,1H3,(H,28,29,30);3-5H,2,6-7H2,1H3;2-3,8,13H,4-7H2,1H3;3-5H,2,6-7H2,1H3,(H,16,17,18);1-3H,4-5H2,(H,13,14)(H,15,16,17);;;;;1H2/q;;;;;3*+1;-2;/p-1. The molecule has 0 radical (unpaired) electrons. The van der Waals surface area contributed by atoms with Crippen molar-refractivity contribution in [2.24, 2.45) is 0 Å². The fourth-order valence-corrected chi connectivity index (χ4v) is 13.0. The van der Waals surface area contributed by atoms with E-state index in [2.05, 4.69) is 71.4 Å². The van der Waals surface area contributed by atoms with E-state index in [1.807, 2.05) is 42.5 Å².